The van der Waals surface area contributed by atoms with Crippen LogP contribution in [0.2, 0.25) is 0 Å². The van der Waals surface area contributed by atoms with Gasteiger partial charge in [0.15, 0.2) is 0 Å². The summed E-state index contributed by atoms with van der Waals surface area (Å²) in [6.45, 7) is 0. The van der Waals surface area contributed by atoms with Gasteiger partial charge in [0.05, 0.1) is 10.7 Å². The molecule has 0 saturated heterocycles. The molecule has 0 fully saturated rings. The normalized spacial score (nSPS) is 10.8. The maximum Gasteiger partial charge on any atom is 0.308 e. The predicted molar refractivity (Wildman–Crippen MR) is 74.9 cm³/mol. The third kappa shape index (κ3) is 3.38. The smallest absolute Gasteiger partial charge is 0.308 e. The second-order valence-corrected chi connectivity index (χ2v) is 5.13. The van der Waals surface area contributed by atoms with E-state index in [0.29, 0.717) is 10.0 Å². The summed E-state index contributed by atoms with van der Waals surface area (Å²) in [5.41, 5.74) is 2.70. The molecule has 0 bridgehead atoms. The fraction of sp³-hybridized carbons (Fsp3) is 0. The van der Waals surface area contributed by atoms with Gasteiger partial charge in [0.25, 0.3) is 0 Å². The molecule has 0 radical (unpaired) electrons. The van der Waals surface area contributed by atoms with Crippen LogP contribution < -0.4 is 5.43 Å². The van der Waals surface area contributed by atoms with E-state index in [1.54, 1.807) is 12.1 Å². The van der Waals surface area contributed by atoms with E-state index in [-0.39, 0.29) is 11.6 Å². The van der Waals surface area contributed by atoms with Gasteiger partial charge >= 0.3 is 5.91 Å². The van der Waals surface area contributed by atoms with Crippen LogP contribution in [0.25, 0.3) is 0 Å². The number of halogens is 2. The number of hydrogen-bond donors (Lipinski definition) is 3. The number of carbonyl (C=O) groups is 1. The van der Waals surface area contributed by atoms with Gasteiger partial charge in [0, 0.05) is 10.0 Å². The summed E-state index contributed by atoms with van der Waals surface area (Å²) in [6, 6.07) is 3.35. The zero-order valence-electron chi connectivity index (χ0n) is 9.26. The molecule has 7 nitrogen and oxygen atoms in total. The number of phenols is 1. The second kappa shape index (κ2) is 5.93. The SMILES string of the molecule is O=C(N/N=C\c1cc(Br)cc(Br)c1O)c1ncn[nH]1. The number of H-pyrrole nitrogens is 1. The first-order valence-corrected chi connectivity index (χ1v) is 6.53. The number of amides is 1. The molecule has 19 heavy (non-hydrogen) atoms. The quantitative estimate of drug-likeness (QED) is 0.550. The first-order valence-electron chi connectivity index (χ1n) is 4.94. The zero-order chi connectivity index (χ0) is 13.8. The number of hydrazone groups is 1. The largest absolute Gasteiger partial charge is 0.506 e. The highest BCUT2D eigenvalue weighted by Crippen LogP contribution is 2.30. The third-order valence-corrected chi connectivity index (χ3v) is 3.12. The van der Waals surface area contributed by atoms with E-state index in [1.807, 2.05) is 0 Å². The topological polar surface area (TPSA) is 103 Å². The van der Waals surface area contributed by atoms with Gasteiger partial charge in [-0.3, -0.25) is 9.89 Å². The van der Waals surface area contributed by atoms with Gasteiger partial charge in [0.1, 0.15) is 12.1 Å². The Morgan fingerprint density at radius 1 is 1.47 bits per heavy atom. The summed E-state index contributed by atoms with van der Waals surface area (Å²) < 4.78 is 1.28. The van der Waals surface area contributed by atoms with Crippen molar-refractivity contribution in [1.82, 2.24) is 20.6 Å². The van der Waals surface area contributed by atoms with Gasteiger partial charge in [0.2, 0.25) is 5.82 Å². The van der Waals surface area contributed by atoms with Crippen LogP contribution >= 0.6 is 31.9 Å². The van der Waals surface area contributed by atoms with Crippen molar-refractivity contribution in [1.29, 1.82) is 0 Å². The number of aromatic amines is 1. The lowest BCUT2D eigenvalue weighted by molar-refractivity contribution is 0.0945. The van der Waals surface area contributed by atoms with Crippen molar-refractivity contribution in [3.63, 3.8) is 0 Å². The number of aromatic hydroxyl groups is 1. The minimum atomic E-state index is -0.526. The van der Waals surface area contributed by atoms with Crippen molar-refractivity contribution in [2.75, 3.05) is 0 Å². The molecule has 1 aromatic carbocycles. The Bertz CT molecular complexity index is 627. The van der Waals surface area contributed by atoms with Crippen LogP contribution in [0.5, 0.6) is 5.75 Å². The Hall–Kier alpha value is -1.74. The van der Waals surface area contributed by atoms with E-state index in [0.717, 1.165) is 4.47 Å². The fourth-order valence-corrected chi connectivity index (χ4v) is 2.47. The summed E-state index contributed by atoms with van der Waals surface area (Å²) in [5, 5.41) is 19.4. The van der Waals surface area contributed by atoms with Gasteiger partial charge in [-0.05, 0) is 28.1 Å². The van der Waals surface area contributed by atoms with E-state index in [4.69, 9.17) is 0 Å². The lowest BCUT2D eigenvalue weighted by Crippen LogP contribution is -2.19. The molecule has 2 rings (SSSR count). The predicted octanol–water partition coefficient (Wildman–Crippen LogP) is 1.80. The molecule has 98 valence electrons. The molecule has 3 N–H and O–H groups in total. The average molecular weight is 389 g/mol. The molecular formula is C10H7Br2N5O2. The van der Waals surface area contributed by atoms with Crippen LogP contribution in [0.4, 0.5) is 0 Å². The second-order valence-electron chi connectivity index (χ2n) is 3.36. The number of nitrogens with one attached hydrogen (secondary N) is 2. The Labute approximate surface area is 124 Å². The standard InChI is InChI=1S/C10H7Br2N5O2/c11-6-1-5(8(18)7(12)2-6)3-14-17-10(19)9-13-4-15-16-9/h1-4,18H,(H,17,19)(H,13,15,16)/b14-3-. The molecule has 1 heterocycles. The molecular weight excluding hydrogens is 382 g/mol. The molecule has 1 amide bonds. The van der Waals surface area contributed by atoms with Gasteiger partial charge in [-0.15, -0.1) is 0 Å². The summed E-state index contributed by atoms with van der Waals surface area (Å²) >= 11 is 6.48. The number of aromatic nitrogens is 3. The lowest BCUT2D eigenvalue weighted by atomic mass is 10.2. The highest BCUT2D eigenvalue weighted by Gasteiger charge is 2.08. The van der Waals surface area contributed by atoms with Crippen molar-refractivity contribution >= 4 is 44.0 Å². The lowest BCUT2D eigenvalue weighted by Gasteiger charge is -2.02. The van der Waals surface area contributed by atoms with Gasteiger partial charge in [-0.1, -0.05) is 15.9 Å². The van der Waals surface area contributed by atoms with Crippen LogP contribution in [-0.4, -0.2) is 32.4 Å². The van der Waals surface area contributed by atoms with E-state index < -0.39 is 5.91 Å². The highest BCUT2D eigenvalue weighted by atomic mass is 79.9. The van der Waals surface area contributed by atoms with Crippen molar-refractivity contribution < 1.29 is 9.90 Å². The van der Waals surface area contributed by atoms with E-state index >= 15 is 0 Å². The number of phenolic OH excluding ortho intramolecular Hbond substituents is 1. The van der Waals surface area contributed by atoms with E-state index in [9.17, 15) is 9.90 Å². The first-order chi connectivity index (χ1) is 9.08. The molecule has 0 unspecified atom stereocenters. The molecule has 1 aromatic heterocycles. The first kappa shape index (κ1) is 13.7. The summed E-state index contributed by atoms with van der Waals surface area (Å²) in [4.78, 5) is 15.1. The molecule has 0 aliphatic rings. The van der Waals surface area contributed by atoms with Crippen molar-refractivity contribution in [2.24, 2.45) is 5.10 Å². The molecule has 2 aromatic rings. The Balaban J connectivity index is 2.09. The number of rotatable bonds is 3. The average Bonchev–Trinajstić information content (AvgIpc) is 2.88. The molecule has 0 saturated carbocycles. The number of carbonyl (C=O) groups excluding carboxylic acids is 1. The number of benzene rings is 1. The fourth-order valence-electron chi connectivity index (χ4n) is 1.21. The van der Waals surface area contributed by atoms with E-state index in [2.05, 4.69) is 57.6 Å². The van der Waals surface area contributed by atoms with Crippen molar-refractivity contribution in [2.45, 2.75) is 0 Å². The Kier molecular flexibility index (Phi) is 4.27. The maximum atomic E-state index is 11.5. The monoisotopic (exact) mass is 387 g/mol. The number of nitrogens with zero attached hydrogens (tertiary/aromatic N) is 3. The summed E-state index contributed by atoms with van der Waals surface area (Å²) in [7, 11) is 0. The van der Waals surface area contributed by atoms with Crippen LogP contribution in [0.3, 0.4) is 0 Å². The van der Waals surface area contributed by atoms with Gasteiger partial charge in [-0.25, -0.2) is 10.4 Å². The molecule has 9 heteroatoms. The van der Waals surface area contributed by atoms with E-state index in [1.165, 1.54) is 12.5 Å². The van der Waals surface area contributed by atoms with Gasteiger partial charge < -0.3 is 5.11 Å². The van der Waals surface area contributed by atoms with Crippen molar-refractivity contribution in [3.8, 4) is 5.75 Å². The summed E-state index contributed by atoms with van der Waals surface area (Å²) in [5.74, 6) is -0.444. The van der Waals surface area contributed by atoms with Crippen LogP contribution in [0, 0.1) is 0 Å². The Morgan fingerprint density at radius 2 is 2.26 bits per heavy atom. The Morgan fingerprint density at radius 3 is 2.95 bits per heavy atom. The van der Waals surface area contributed by atoms with Crippen LogP contribution in [-0.2, 0) is 0 Å². The number of hydrogen-bond acceptors (Lipinski definition) is 5. The minimum Gasteiger partial charge on any atom is -0.506 e. The van der Waals surface area contributed by atoms with Crippen LogP contribution in [0.15, 0.2) is 32.5 Å². The third-order valence-electron chi connectivity index (χ3n) is 2.06. The summed E-state index contributed by atoms with van der Waals surface area (Å²) in [6.07, 6.45) is 2.54. The molecule has 0 aliphatic heterocycles. The maximum absolute atomic E-state index is 11.5. The molecule has 0 atom stereocenters. The highest BCUT2D eigenvalue weighted by molar-refractivity contribution is 9.11. The molecule has 0 aliphatic carbocycles. The van der Waals surface area contributed by atoms with Crippen molar-refractivity contribution in [3.05, 3.63) is 38.8 Å². The van der Waals surface area contributed by atoms with Gasteiger partial charge in [-0.2, -0.15) is 10.2 Å². The zero-order valence-corrected chi connectivity index (χ0v) is 12.4. The molecule has 0 spiro atoms. The van der Waals surface area contributed by atoms with Crippen LogP contribution in [0.1, 0.15) is 16.2 Å². The minimum absolute atomic E-state index is 0.0286.